The SMILES string of the molecule is C[C@]1(c2ccn[nH]2)CCCN(C(=O)Cn2ccnc2)C1. The van der Waals surface area contributed by atoms with Gasteiger partial charge >= 0.3 is 0 Å². The summed E-state index contributed by atoms with van der Waals surface area (Å²) in [4.78, 5) is 18.3. The molecule has 1 saturated heterocycles. The van der Waals surface area contributed by atoms with Crippen molar-refractivity contribution in [2.45, 2.75) is 31.7 Å². The van der Waals surface area contributed by atoms with Crippen molar-refractivity contribution in [3.63, 3.8) is 0 Å². The second-order valence-corrected chi connectivity index (χ2v) is 5.68. The average Bonchev–Trinajstić information content (AvgIpc) is 3.12. The smallest absolute Gasteiger partial charge is 0.242 e. The standard InChI is InChI=1S/C14H19N5O/c1-14(12-3-5-16-17-12)4-2-7-19(10-14)13(20)9-18-8-6-15-11-18/h3,5-6,8,11H,2,4,7,9-10H2,1H3,(H,16,17)/t14-/m0/s1. The number of amides is 1. The molecule has 1 atom stereocenters. The van der Waals surface area contributed by atoms with E-state index < -0.39 is 0 Å². The maximum Gasteiger partial charge on any atom is 0.242 e. The van der Waals surface area contributed by atoms with Crippen LogP contribution in [0, 0.1) is 0 Å². The summed E-state index contributed by atoms with van der Waals surface area (Å²) in [6.45, 7) is 4.12. The number of rotatable bonds is 3. The number of carbonyl (C=O) groups excluding carboxylic acids is 1. The molecule has 3 heterocycles. The highest BCUT2D eigenvalue weighted by Gasteiger charge is 2.35. The first-order valence-electron chi connectivity index (χ1n) is 6.91. The van der Waals surface area contributed by atoms with E-state index in [0.717, 1.165) is 31.6 Å². The van der Waals surface area contributed by atoms with E-state index in [1.807, 2.05) is 21.7 Å². The second kappa shape index (κ2) is 5.11. The van der Waals surface area contributed by atoms with Crippen molar-refractivity contribution in [1.82, 2.24) is 24.6 Å². The summed E-state index contributed by atoms with van der Waals surface area (Å²) in [6, 6.07) is 2.00. The third kappa shape index (κ3) is 2.45. The number of hydrogen-bond acceptors (Lipinski definition) is 3. The quantitative estimate of drug-likeness (QED) is 0.913. The highest BCUT2D eigenvalue weighted by Crippen LogP contribution is 2.32. The largest absolute Gasteiger partial charge is 0.340 e. The van der Waals surface area contributed by atoms with Crippen molar-refractivity contribution in [2.75, 3.05) is 13.1 Å². The summed E-state index contributed by atoms with van der Waals surface area (Å²) >= 11 is 0. The van der Waals surface area contributed by atoms with Crippen LogP contribution in [-0.4, -0.2) is 43.6 Å². The van der Waals surface area contributed by atoms with Gasteiger partial charge in [-0.3, -0.25) is 9.89 Å². The number of likely N-dealkylation sites (tertiary alicyclic amines) is 1. The first kappa shape index (κ1) is 12.9. The Morgan fingerprint density at radius 2 is 2.40 bits per heavy atom. The van der Waals surface area contributed by atoms with Crippen molar-refractivity contribution in [1.29, 1.82) is 0 Å². The van der Waals surface area contributed by atoms with Gasteiger partial charge in [-0.05, 0) is 18.9 Å². The van der Waals surface area contributed by atoms with Crippen LogP contribution in [0.5, 0.6) is 0 Å². The third-order valence-corrected chi connectivity index (χ3v) is 4.08. The van der Waals surface area contributed by atoms with Crippen LogP contribution in [0.1, 0.15) is 25.5 Å². The second-order valence-electron chi connectivity index (χ2n) is 5.68. The van der Waals surface area contributed by atoms with Crippen LogP contribution in [0.25, 0.3) is 0 Å². The van der Waals surface area contributed by atoms with Gasteiger partial charge in [-0.1, -0.05) is 6.92 Å². The third-order valence-electron chi connectivity index (χ3n) is 4.08. The van der Waals surface area contributed by atoms with Crippen LogP contribution in [0.4, 0.5) is 0 Å². The fraction of sp³-hybridized carbons (Fsp3) is 0.500. The van der Waals surface area contributed by atoms with Crippen molar-refractivity contribution in [2.24, 2.45) is 0 Å². The lowest BCUT2D eigenvalue weighted by Crippen LogP contribution is -2.48. The molecular formula is C14H19N5O. The van der Waals surface area contributed by atoms with Gasteiger partial charge < -0.3 is 9.47 Å². The lowest BCUT2D eigenvalue weighted by Gasteiger charge is -2.39. The Kier molecular flexibility index (Phi) is 3.30. The molecule has 1 N–H and O–H groups in total. The fourth-order valence-electron chi connectivity index (χ4n) is 2.90. The first-order chi connectivity index (χ1) is 9.67. The Balaban J connectivity index is 1.70. The Labute approximate surface area is 117 Å². The van der Waals surface area contributed by atoms with E-state index in [-0.39, 0.29) is 11.3 Å². The Morgan fingerprint density at radius 3 is 3.10 bits per heavy atom. The molecule has 106 valence electrons. The molecule has 0 spiro atoms. The number of carbonyl (C=O) groups is 1. The molecule has 1 amide bonds. The predicted octanol–water partition coefficient (Wildman–Crippen LogP) is 1.19. The Bertz CT molecular complexity index is 562. The zero-order chi connectivity index (χ0) is 14.0. The number of nitrogens with one attached hydrogen (secondary N) is 1. The van der Waals surface area contributed by atoms with Crippen molar-refractivity contribution < 1.29 is 4.79 Å². The number of aromatic amines is 1. The summed E-state index contributed by atoms with van der Waals surface area (Å²) < 4.78 is 1.81. The zero-order valence-corrected chi connectivity index (χ0v) is 11.6. The normalized spacial score (nSPS) is 22.9. The summed E-state index contributed by atoms with van der Waals surface area (Å²) in [5, 5.41) is 7.08. The number of hydrogen-bond donors (Lipinski definition) is 1. The molecular weight excluding hydrogens is 254 g/mol. The predicted molar refractivity (Wildman–Crippen MR) is 74.0 cm³/mol. The number of aromatic nitrogens is 4. The van der Waals surface area contributed by atoms with Crippen LogP contribution in [0.15, 0.2) is 31.0 Å². The van der Waals surface area contributed by atoms with Crippen LogP contribution in [0.2, 0.25) is 0 Å². The summed E-state index contributed by atoms with van der Waals surface area (Å²) in [7, 11) is 0. The number of imidazole rings is 1. The van der Waals surface area contributed by atoms with E-state index >= 15 is 0 Å². The average molecular weight is 273 g/mol. The van der Waals surface area contributed by atoms with Gasteiger partial charge in [0.25, 0.3) is 0 Å². The maximum atomic E-state index is 12.4. The molecule has 0 bridgehead atoms. The van der Waals surface area contributed by atoms with Crippen LogP contribution >= 0.6 is 0 Å². The van der Waals surface area contributed by atoms with Gasteiger partial charge in [0.05, 0.1) is 6.33 Å². The molecule has 1 aliphatic rings. The molecule has 3 rings (SSSR count). The Morgan fingerprint density at radius 1 is 1.50 bits per heavy atom. The molecule has 2 aromatic heterocycles. The minimum atomic E-state index is -0.0284. The molecule has 0 aromatic carbocycles. The minimum Gasteiger partial charge on any atom is -0.340 e. The topological polar surface area (TPSA) is 66.8 Å². The van der Waals surface area contributed by atoms with Gasteiger partial charge in [0.15, 0.2) is 0 Å². The van der Waals surface area contributed by atoms with Crippen molar-refractivity contribution in [3.8, 4) is 0 Å². The number of nitrogens with zero attached hydrogens (tertiary/aromatic N) is 4. The van der Waals surface area contributed by atoms with Gasteiger partial charge in [-0.25, -0.2) is 4.98 Å². The van der Waals surface area contributed by atoms with Gasteiger partial charge in [-0.15, -0.1) is 0 Å². The van der Waals surface area contributed by atoms with E-state index in [9.17, 15) is 4.79 Å². The summed E-state index contributed by atoms with van der Waals surface area (Å²) in [5.74, 6) is 0.147. The molecule has 0 aliphatic carbocycles. The molecule has 0 saturated carbocycles. The summed E-state index contributed by atoms with van der Waals surface area (Å²) in [5.41, 5.74) is 1.08. The number of piperidine rings is 1. The molecule has 2 aromatic rings. The molecule has 6 nitrogen and oxygen atoms in total. The lowest BCUT2D eigenvalue weighted by atomic mass is 9.79. The Hall–Kier alpha value is -2.11. The molecule has 1 fully saturated rings. The van der Waals surface area contributed by atoms with E-state index in [0.29, 0.717) is 6.54 Å². The van der Waals surface area contributed by atoms with Gasteiger partial charge in [0.1, 0.15) is 6.54 Å². The minimum absolute atomic E-state index is 0.0284. The molecule has 6 heteroatoms. The monoisotopic (exact) mass is 273 g/mol. The maximum absolute atomic E-state index is 12.4. The van der Waals surface area contributed by atoms with E-state index in [1.54, 1.807) is 18.7 Å². The van der Waals surface area contributed by atoms with E-state index in [4.69, 9.17) is 0 Å². The van der Waals surface area contributed by atoms with Crippen molar-refractivity contribution >= 4 is 5.91 Å². The highest BCUT2D eigenvalue weighted by molar-refractivity contribution is 5.76. The molecule has 0 radical (unpaired) electrons. The van der Waals surface area contributed by atoms with Crippen molar-refractivity contribution in [3.05, 3.63) is 36.7 Å². The van der Waals surface area contributed by atoms with Gasteiger partial charge in [0, 0.05) is 42.8 Å². The zero-order valence-electron chi connectivity index (χ0n) is 11.6. The molecule has 20 heavy (non-hydrogen) atoms. The van der Waals surface area contributed by atoms with Crippen LogP contribution in [0.3, 0.4) is 0 Å². The summed E-state index contributed by atoms with van der Waals surface area (Å²) in [6.07, 6.45) is 9.05. The van der Waals surface area contributed by atoms with Gasteiger partial charge in [0.2, 0.25) is 5.91 Å². The van der Waals surface area contributed by atoms with Crippen LogP contribution < -0.4 is 0 Å². The van der Waals surface area contributed by atoms with E-state index in [1.165, 1.54) is 0 Å². The first-order valence-corrected chi connectivity index (χ1v) is 6.91. The lowest BCUT2D eigenvalue weighted by molar-refractivity contribution is -0.134. The fourth-order valence-corrected chi connectivity index (χ4v) is 2.90. The van der Waals surface area contributed by atoms with Gasteiger partial charge in [-0.2, -0.15) is 5.10 Å². The molecule has 1 aliphatic heterocycles. The molecule has 0 unspecified atom stereocenters. The van der Waals surface area contributed by atoms with Crippen LogP contribution in [-0.2, 0) is 16.8 Å². The number of H-pyrrole nitrogens is 1. The van der Waals surface area contributed by atoms with E-state index in [2.05, 4.69) is 22.1 Å². The highest BCUT2D eigenvalue weighted by atomic mass is 16.2.